The molecule has 6 nitrogen and oxygen atoms in total. The molecule has 0 saturated heterocycles. The van der Waals surface area contributed by atoms with Crippen LogP contribution in [0.1, 0.15) is 0 Å². The van der Waals surface area contributed by atoms with Crippen LogP contribution in [-0.4, -0.2) is 16.2 Å². The van der Waals surface area contributed by atoms with Gasteiger partial charge in [-0.25, -0.2) is 4.98 Å². The van der Waals surface area contributed by atoms with Gasteiger partial charge in [0.1, 0.15) is 5.82 Å². The van der Waals surface area contributed by atoms with Crippen molar-refractivity contribution < 1.29 is 4.92 Å². The normalized spacial score (nSPS) is 10.2. The summed E-state index contributed by atoms with van der Waals surface area (Å²) in [6.45, 7) is 0. The molecule has 1 aromatic carbocycles. The summed E-state index contributed by atoms with van der Waals surface area (Å²) in [4.78, 5) is 15.2. The lowest BCUT2D eigenvalue weighted by molar-refractivity contribution is -0.384. The zero-order valence-corrected chi connectivity index (χ0v) is 11.0. The number of rotatable bonds is 4. The Bertz CT molecular complexity index is 618. The van der Waals surface area contributed by atoms with Crippen LogP contribution in [0.4, 0.5) is 23.0 Å². The van der Waals surface area contributed by atoms with Crippen molar-refractivity contribution in [2.24, 2.45) is 0 Å². The van der Waals surface area contributed by atoms with Crippen molar-refractivity contribution in [3.63, 3.8) is 0 Å². The minimum atomic E-state index is -0.555. The van der Waals surface area contributed by atoms with Crippen molar-refractivity contribution in [2.75, 3.05) is 17.3 Å². The van der Waals surface area contributed by atoms with E-state index in [0.29, 0.717) is 5.82 Å². The quantitative estimate of drug-likeness (QED) is 0.506. The Morgan fingerprint density at radius 3 is 2.79 bits per heavy atom. The maximum Gasteiger partial charge on any atom is 0.311 e. The van der Waals surface area contributed by atoms with E-state index in [2.05, 4.69) is 10.3 Å². The van der Waals surface area contributed by atoms with Gasteiger partial charge in [-0.3, -0.25) is 10.1 Å². The summed E-state index contributed by atoms with van der Waals surface area (Å²) < 4.78 is 0. The third-order valence-corrected chi connectivity index (χ3v) is 3.17. The van der Waals surface area contributed by atoms with E-state index >= 15 is 0 Å². The monoisotopic (exact) mass is 276 g/mol. The first kappa shape index (κ1) is 13.2. The molecule has 0 aliphatic rings. The Labute approximate surface area is 114 Å². The number of thioether (sulfide) groups is 1. The van der Waals surface area contributed by atoms with Crippen LogP contribution < -0.4 is 11.1 Å². The van der Waals surface area contributed by atoms with Crippen molar-refractivity contribution in [1.29, 1.82) is 0 Å². The summed E-state index contributed by atoms with van der Waals surface area (Å²) in [5.41, 5.74) is 6.20. The zero-order chi connectivity index (χ0) is 13.8. The van der Waals surface area contributed by atoms with E-state index in [9.17, 15) is 10.1 Å². The number of aromatic nitrogens is 1. The summed E-state index contributed by atoms with van der Waals surface area (Å²) >= 11 is 1.63. The second-order valence-corrected chi connectivity index (χ2v) is 4.59. The molecule has 1 aromatic heterocycles. The first-order valence-electron chi connectivity index (χ1n) is 5.42. The number of nitro groups is 1. The number of hydrogen-bond donors (Lipinski definition) is 2. The van der Waals surface area contributed by atoms with Gasteiger partial charge in [0.2, 0.25) is 5.82 Å². The molecule has 0 atom stereocenters. The molecule has 19 heavy (non-hydrogen) atoms. The van der Waals surface area contributed by atoms with Crippen LogP contribution in [0.3, 0.4) is 0 Å². The third-order valence-electron chi connectivity index (χ3n) is 2.44. The molecular weight excluding hydrogens is 264 g/mol. The number of anilines is 3. The topological polar surface area (TPSA) is 94.1 Å². The molecule has 1 heterocycles. The Kier molecular flexibility index (Phi) is 3.86. The van der Waals surface area contributed by atoms with Gasteiger partial charge in [0, 0.05) is 16.6 Å². The minimum Gasteiger partial charge on any atom is -0.378 e. The second-order valence-electron chi connectivity index (χ2n) is 3.71. The molecule has 0 aliphatic heterocycles. The van der Waals surface area contributed by atoms with Gasteiger partial charge in [-0.15, -0.1) is 11.8 Å². The Hall–Kier alpha value is -2.28. The SMILES string of the molecule is CSc1cccc(Nc2ccc([N+](=O)[O-])c(N)n2)c1. The van der Waals surface area contributed by atoms with Crippen LogP contribution in [-0.2, 0) is 0 Å². The van der Waals surface area contributed by atoms with E-state index in [-0.39, 0.29) is 11.5 Å². The molecule has 0 aliphatic carbocycles. The molecule has 98 valence electrons. The lowest BCUT2D eigenvalue weighted by Gasteiger charge is -2.07. The number of nitrogens with two attached hydrogens (primary N) is 1. The summed E-state index contributed by atoms with van der Waals surface area (Å²) in [5.74, 6) is 0.373. The number of nitrogen functional groups attached to an aromatic ring is 1. The van der Waals surface area contributed by atoms with E-state index in [1.807, 2.05) is 30.5 Å². The van der Waals surface area contributed by atoms with E-state index in [1.165, 1.54) is 12.1 Å². The molecule has 7 heteroatoms. The van der Waals surface area contributed by atoms with Gasteiger partial charge in [-0.2, -0.15) is 0 Å². The molecular formula is C12H12N4O2S. The fourth-order valence-corrected chi connectivity index (χ4v) is 2.00. The average molecular weight is 276 g/mol. The highest BCUT2D eigenvalue weighted by Crippen LogP contribution is 2.25. The minimum absolute atomic E-state index is 0.101. The number of nitrogens with zero attached hydrogens (tertiary/aromatic N) is 2. The molecule has 3 N–H and O–H groups in total. The zero-order valence-electron chi connectivity index (χ0n) is 10.2. The smallest absolute Gasteiger partial charge is 0.311 e. The third kappa shape index (κ3) is 3.14. The summed E-state index contributed by atoms with van der Waals surface area (Å²) in [7, 11) is 0. The van der Waals surface area contributed by atoms with Gasteiger partial charge >= 0.3 is 5.69 Å². The second kappa shape index (κ2) is 5.57. The highest BCUT2D eigenvalue weighted by molar-refractivity contribution is 7.98. The van der Waals surface area contributed by atoms with Crippen LogP contribution in [0.5, 0.6) is 0 Å². The predicted molar refractivity (Wildman–Crippen MR) is 76.8 cm³/mol. The Morgan fingerprint density at radius 2 is 2.16 bits per heavy atom. The van der Waals surface area contributed by atoms with Crippen molar-refractivity contribution in [2.45, 2.75) is 4.90 Å². The maximum absolute atomic E-state index is 10.6. The largest absolute Gasteiger partial charge is 0.378 e. The lowest BCUT2D eigenvalue weighted by atomic mass is 10.3. The van der Waals surface area contributed by atoms with Crippen LogP contribution in [0.15, 0.2) is 41.3 Å². The highest BCUT2D eigenvalue weighted by atomic mass is 32.2. The van der Waals surface area contributed by atoms with Gasteiger partial charge in [0.15, 0.2) is 0 Å². The fraction of sp³-hybridized carbons (Fsp3) is 0.0833. The molecule has 2 rings (SSSR count). The summed E-state index contributed by atoms with van der Waals surface area (Å²) in [5, 5.41) is 13.7. The summed E-state index contributed by atoms with van der Waals surface area (Å²) in [6.07, 6.45) is 1.99. The van der Waals surface area contributed by atoms with Crippen molar-refractivity contribution >= 4 is 34.8 Å². The van der Waals surface area contributed by atoms with Crippen LogP contribution >= 0.6 is 11.8 Å². The van der Waals surface area contributed by atoms with Gasteiger partial charge in [-0.1, -0.05) is 6.07 Å². The Morgan fingerprint density at radius 1 is 1.37 bits per heavy atom. The van der Waals surface area contributed by atoms with Gasteiger partial charge in [0.05, 0.1) is 4.92 Å². The standard InChI is InChI=1S/C12H12N4O2S/c1-19-9-4-2-3-8(7-9)14-11-6-5-10(16(17)18)12(13)15-11/h2-7H,1H3,(H3,13,14,15). The molecule has 0 bridgehead atoms. The Balaban J connectivity index is 2.23. The molecule has 0 radical (unpaired) electrons. The number of hydrogen-bond acceptors (Lipinski definition) is 6. The molecule has 0 fully saturated rings. The number of benzene rings is 1. The van der Waals surface area contributed by atoms with Crippen molar-refractivity contribution in [3.8, 4) is 0 Å². The van der Waals surface area contributed by atoms with E-state index < -0.39 is 4.92 Å². The van der Waals surface area contributed by atoms with E-state index in [1.54, 1.807) is 11.8 Å². The van der Waals surface area contributed by atoms with Crippen LogP contribution in [0, 0.1) is 10.1 Å². The van der Waals surface area contributed by atoms with Crippen molar-refractivity contribution in [1.82, 2.24) is 4.98 Å². The summed E-state index contributed by atoms with van der Waals surface area (Å²) in [6, 6.07) is 10.6. The highest BCUT2D eigenvalue weighted by Gasteiger charge is 2.12. The average Bonchev–Trinajstić information content (AvgIpc) is 2.38. The predicted octanol–water partition coefficient (Wildman–Crippen LogP) is 3.04. The molecule has 0 amide bonds. The van der Waals surface area contributed by atoms with Gasteiger partial charge < -0.3 is 11.1 Å². The molecule has 0 saturated carbocycles. The van der Waals surface area contributed by atoms with Gasteiger partial charge in [0.25, 0.3) is 0 Å². The van der Waals surface area contributed by atoms with E-state index in [0.717, 1.165) is 10.6 Å². The van der Waals surface area contributed by atoms with Gasteiger partial charge in [-0.05, 0) is 30.5 Å². The molecule has 0 spiro atoms. The van der Waals surface area contributed by atoms with Crippen molar-refractivity contribution in [3.05, 3.63) is 46.5 Å². The number of pyridine rings is 1. The fourth-order valence-electron chi connectivity index (χ4n) is 1.54. The first-order chi connectivity index (χ1) is 9.10. The van der Waals surface area contributed by atoms with Crippen LogP contribution in [0.25, 0.3) is 0 Å². The lowest BCUT2D eigenvalue weighted by Crippen LogP contribution is -2.01. The van der Waals surface area contributed by atoms with E-state index in [4.69, 9.17) is 5.73 Å². The maximum atomic E-state index is 10.6. The molecule has 2 aromatic rings. The van der Waals surface area contributed by atoms with Crippen LogP contribution in [0.2, 0.25) is 0 Å². The number of nitrogens with one attached hydrogen (secondary N) is 1. The first-order valence-corrected chi connectivity index (χ1v) is 6.64. The molecule has 0 unspecified atom stereocenters.